The summed E-state index contributed by atoms with van der Waals surface area (Å²) in [5, 5.41) is 3.15. The minimum atomic E-state index is 0.0352. The smallest absolute Gasteiger partial charge is 0.251 e. The minimum absolute atomic E-state index is 0.0352. The van der Waals surface area contributed by atoms with Crippen LogP contribution in [0.2, 0.25) is 0 Å². The zero-order valence-corrected chi connectivity index (χ0v) is 11.7. The van der Waals surface area contributed by atoms with E-state index in [1.54, 1.807) is 0 Å². The van der Waals surface area contributed by atoms with Crippen molar-refractivity contribution in [3.63, 3.8) is 0 Å². The van der Waals surface area contributed by atoms with Gasteiger partial charge in [-0.05, 0) is 49.4 Å². The molecule has 1 saturated carbocycles. The lowest BCUT2D eigenvalue weighted by atomic mass is 9.84. The molecule has 0 aromatic heterocycles. The molecule has 19 heavy (non-hydrogen) atoms. The van der Waals surface area contributed by atoms with Gasteiger partial charge in [0.15, 0.2) is 0 Å². The van der Waals surface area contributed by atoms with Gasteiger partial charge in [-0.25, -0.2) is 0 Å². The van der Waals surface area contributed by atoms with Crippen molar-refractivity contribution in [2.75, 3.05) is 6.54 Å². The second-order valence-corrected chi connectivity index (χ2v) is 5.41. The molecule has 0 heterocycles. The number of rotatable bonds is 4. The Morgan fingerprint density at radius 3 is 2.58 bits per heavy atom. The van der Waals surface area contributed by atoms with E-state index in [0.717, 1.165) is 24.8 Å². The van der Waals surface area contributed by atoms with E-state index in [2.05, 4.69) is 12.2 Å². The monoisotopic (exact) mass is 260 g/mol. The average Bonchev–Trinajstić information content (AvgIpc) is 2.48. The number of amides is 1. The molecule has 0 saturated heterocycles. The van der Waals surface area contributed by atoms with Crippen LogP contribution in [-0.4, -0.2) is 18.5 Å². The fourth-order valence-corrected chi connectivity index (χ4v) is 2.82. The van der Waals surface area contributed by atoms with Gasteiger partial charge in [0.05, 0.1) is 0 Å². The summed E-state index contributed by atoms with van der Waals surface area (Å²) >= 11 is 0. The van der Waals surface area contributed by atoms with Crippen LogP contribution in [0.1, 0.15) is 48.5 Å². The van der Waals surface area contributed by atoms with Gasteiger partial charge in [-0.15, -0.1) is 0 Å². The van der Waals surface area contributed by atoms with Crippen LogP contribution in [0.3, 0.4) is 0 Å². The average molecular weight is 260 g/mol. The van der Waals surface area contributed by atoms with Crippen molar-refractivity contribution in [3.05, 3.63) is 35.4 Å². The van der Waals surface area contributed by atoms with Gasteiger partial charge in [0.1, 0.15) is 0 Å². The first-order valence-corrected chi connectivity index (χ1v) is 7.34. The summed E-state index contributed by atoms with van der Waals surface area (Å²) in [7, 11) is 0. The number of aryl methyl sites for hydroxylation is 1. The SMILES string of the molecule is CCc1ccc(C(=O)NC2CCCCC2CN)cc1. The van der Waals surface area contributed by atoms with Crippen LogP contribution in [0, 0.1) is 5.92 Å². The molecule has 1 amide bonds. The molecule has 2 atom stereocenters. The predicted molar refractivity (Wildman–Crippen MR) is 78.1 cm³/mol. The Kier molecular flexibility index (Phi) is 4.97. The van der Waals surface area contributed by atoms with E-state index in [-0.39, 0.29) is 11.9 Å². The molecule has 1 aliphatic carbocycles. The molecular formula is C16H24N2O. The molecule has 1 fully saturated rings. The van der Waals surface area contributed by atoms with Crippen LogP contribution in [0.15, 0.2) is 24.3 Å². The Balaban J connectivity index is 1.98. The third-order valence-corrected chi connectivity index (χ3v) is 4.15. The molecule has 2 rings (SSSR count). The van der Waals surface area contributed by atoms with Gasteiger partial charge in [0, 0.05) is 11.6 Å². The Bertz CT molecular complexity index is 413. The lowest BCUT2D eigenvalue weighted by molar-refractivity contribution is 0.0908. The number of carbonyl (C=O) groups is 1. The lowest BCUT2D eigenvalue weighted by Crippen LogP contribution is -2.44. The third-order valence-electron chi connectivity index (χ3n) is 4.15. The minimum Gasteiger partial charge on any atom is -0.349 e. The van der Waals surface area contributed by atoms with E-state index in [4.69, 9.17) is 5.73 Å². The van der Waals surface area contributed by atoms with Crippen LogP contribution in [0.5, 0.6) is 0 Å². The normalized spacial score (nSPS) is 23.1. The molecule has 0 aliphatic heterocycles. The number of nitrogens with two attached hydrogens (primary N) is 1. The van der Waals surface area contributed by atoms with Crippen LogP contribution < -0.4 is 11.1 Å². The van der Waals surface area contributed by atoms with Gasteiger partial charge < -0.3 is 11.1 Å². The van der Waals surface area contributed by atoms with E-state index < -0.39 is 0 Å². The molecule has 104 valence electrons. The largest absolute Gasteiger partial charge is 0.349 e. The standard InChI is InChI=1S/C16H24N2O/c1-2-12-7-9-13(10-8-12)16(19)18-15-6-4-3-5-14(15)11-17/h7-10,14-15H,2-6,11,17H2,1H3,(H,18,19). The number of nitrogens with one attached hydrogen (secondary N) is 1. The van der Waals surface area contributed by atoms with Crippen molar-refractivity contribution in [3.8, 4) is 0 Å². The summed E-state index contributed by atoms with van der Waals surface area (Å²) in [4.78, 5) is 12.2. The van der Waals surface area contributed by atoms with Crippen molar-refractivity contribution in [1.29, 1.82) is 0 Å². The number of hydrogen-bond acceptors (Lipinski definition) is 2. The zero-order chi connectivity index (χ0) is 13.7. The molecule has 1 aromatic rings. The number of carbonyl (C=O) groups excluding carboxylic acids is 1. The van der Waals surface area contributed by atoms with Crippen LogP contribution in [-0.2, 0) is 6.42 Å². The Hall–Kier alpha value is -1.35. The second kappa shape index (κ2) is 6.71. The summed E-state index contributed by atoms with van der Waals surface area (Å²) in [5.41, 5.74) is 7.80. The number of hydrogen-bond donors (Lipinski definition) is 2. The Morgan fingerprint density at radius 2 is 1.95 bits per heavy atom. The first kappa shape index (κ1) is 14.1. The molecule has 1 aromatic carbocycles. The van der Waals surface area contributed by atoms with Gasteiger partial charge in [0.25, 0.3) is 5.91 Å². The molecule has 0 spiro atoms. The van der Waals surface area contributed by atoms with E-state index in [1.807, 2.05) is 24.3 Å². The third kappa shape index (κ3) is 3.57. The first-order valence-electron chi connectivity index (χ1n) is 7.34. The van der Waals surface area contributed by atoms with Crippen LogP contribution >= 0.6 is 0 Å². The van der Waals surface area contributed by atoms with Gasteiger partial charge in [0.2, 0.25) is 0 Å². The summed E-state index contributed by atoms with van der Waals surface area (Å²) in [5.74, 6) is 0.473. The van der Waals surface area contributed by atoms with Gasteiger partial charge in [-0.3, -0.25) is 4.79 Å². The van der Waals surface area contributed by atoms with E-state index in [9.17, 15) is 4.79 Å². The molecule has 3 N–H and O–H groups in total. The fourth-order valence-electron chi connectivity index (χ4n) is 2.82. The highest BCUT2D eigenvalue weighted by atomic mass is 16.1. The maximum absolute atomic E-state index is 12.2. The second-order valence-electron chi connectivity index (χ2n) is 5.41. The zero-order valence-electron chi connectivity index (χ0n) is 11.7. The van der Waals surface area contributed by atoms with Gasteiger partial charge in [-0.2, -0.15) is 0 Å². The molecule has 2 unspecified atom stereocenters. The quantitative estimate of drug-likeness (QED) is 0.874. The highest BCUT2D eigenvalue weighted by Crippen LogP contribution is 2.23. The Labute approximate surface area is 115 Å². The van der Waals surface area contributed by atoms with Crippen molar-refractivity contribution in [2.24, 2.45) is 11.7 Å². The van der Waals surface area contributed by atoms with Gasteiger partial charge in [-0.1, -0.05) is 31.9 Å². The summed E-state index contributed by atoms with van der Waals surface area (Å²) in [6, 6.07) is 8.12. The van der Waals surface area contributed by atoms with Crippen molar-refractivity contribution >= 4 is 5.91 Å². The van der Waals surface area contributed by atoms with E-state index >= 15 is 0 Å². The predicted octanol–water partition coefficient (Wildman–Crippen LogP) is 2.50. The lowest BCUT2D eigenvalue weighted by Gasteiger charge is -2.31. The molecule has 0 radical (unpaired) electrons. The fraction of sp³-hybridized carbons (Fsp3) is 0.562. The van der Waals surface area contributed by atoms with Crippen molar-refractivity contribution < 1.29 is 4.79 Å². The van der Waals surface area contributed by atoms with Crippen LogP contribution in [0.25, 0.3) is 0 Å². The first-order chi connectivity index (χ1) is 9.24. The van der Waals surface area contributed by atoms with E-state index in [1.165, 1.54) is 18.4 Å². The highest BCUT2D eigenvalue weighted by molar-refractivity contribution is 5.94. The van der Waals surface area contributed by atoms with Crippen LogP contribution in [0.4, 0.5) is 0 Å². The molecule has 0 bridgehead atoms. The van der Waals surface area contributed by atoms with Crippen molar-refractivity contribution in [1.82, 2.24) is 5.32 Å². The molecule has 3 nitrogen and oxygen atoms in total. The molecular weight excluding hydrogens is 236 g/mol. The topological polar surface area (TPSA) is 55.1 Å². The maximum atomic E-state index is 12.2. The summed E-state index contributed by atoms with van der Waals surface area (Å²) < 4.78 is 0. The number of benzene rings is 1. The highest BCUT2D eigenvalue weighted by Gasteiger charge is 2.25. The summed E-state index contributed by atoms with van der Waals surface area (Å²) in [6.07, 6.45) is 5.62. The summed E-state index contributed by atoms with van der Waals surface area (Å²) in [6.45, 7) is 2.78. The maximum Gasteiger partial charge on any atom is 0.251 e. The van der Waals surface area contributed by atoms with Crippen molar-refractivity contribution in [2.45, 2.75) is 45.1 Å². The van der Waals surface area contributed by atoms with Gasteiger partial charge >= 0.3 is 0 Å². The molecule has 3 heteroatoms. The molecule has 1 aliphatic rings. The van der Waals surface area contributed by atoms with E-state index in [0.29, 0.717) is 12.5 Å². The Morgan fingerprint density at radius 1 is 1.26 bits per heavy atom.